The molecule has 0 atom stereocenters. The van der Waals surface area contributed by atoms with Crippen molar-refractivity contribution in [1.82, 2.24) is 9.78 Å². The lowest BCUT2D eigenvalue weighted by molar-refractivity contribution is 0.737. The van der Waals surface area contributed by atoms with Gasteiger partial charge in [-0.05, 0) is 18.0 Å². The van der Waals surface area contributed by atoms with Crippen molar-refractivity contribution in [3.63, 3.8) is 0 Å². The topological polar surface area (TPSA) is 66.6 Å². The second-order valence-corrected chi connectivity index (χ2v) is 2.27. The van der Waals surface area contributed by atoms with Crippen molar-refractivity contribution in [2.75, 3.05) is 0 Å². The lowest BCUT2D eigenvalue weighted by Crippen LogP contribution is -1.93. The molecule has 1 aromatic rings. The van der Waals surface area contributed by atoms with E-state index >= 15 is 0 Å². The summed E-state index contributed by atoms with van der Waals surface area (Å²) in [4.78, 5) is 2.67. The summed E-state index contributed by atoms with van der Waals surface area (Å²) < 4.78 is 1.75. The van der Waals surface area contributed by atoms with E-state index < -0.39 is 0 Å². The van der Waals surface area contributed by atoms with Crippen molar-refractivity contribution in [3.8, 4) is 0 Å². The molecule has 5 heteroatoms. The van der Waals surface area contributed by atoms with Gasteiger partial charge in [-0.15, -0.1) is 0 Å². The normalized spacial score (nSPS) is 9.27. The van der Waals surface area contributed by atoms with Gasteiger partial charge in [0, 0.05) is 17.7 Å². The van der Waals surface area contributed by atoms with Crippen molar-refractivity contribution < 1.29 is 0 Å². The van der Waals surface area contributed by atoms with Crippen molar-refractivity contribution >= 4 is 0 Å². The van der Waals surface area contributed by atoms with E-state index in [9.17, 15) is 0 Å². The molecule has 0 amide bonds. The Balaban J connectivity index is 2.86. The zero-order valence-corrected chi connectivity index (χ0v) is 6.52. The van der Waals surface area contributed by atoms with Gasteiger partial charge in [-0.2, -0.15) is 5.10 Å². The Labute approximate surface area is 64.3 Å². The average Bonchev–Trinajstić information content (AvgIpc) is 2.31. The van der Waals surface area contributed by atoms with Gasteiger partial charge in [0.25, 0.3) is 0 Å². The first-order valence-electron chi connectivity index (χ1n) is 3.24. The first-order chi connectivity index (χ1) is 5.25. The summed E-state index contributed by atoms with van der Waals surface area (Å²) in [6.07, 6.45) is 1.71. The number of hydrogen-bond acceptors (Lipinski definition) is 2. The molecule has 1 rings (SSSR count). The summed E-state index contributed by atoms with van der Waals surface area (Å²) in [6.45, 7) is 2.32. The van der Waals surface area contributed by atoms with Crippen LogP contribution in [0.3, 0.4) is 0 Å². The molecule has 0 bridgehead atoms. The number of aryl methyl sites for hydroxylation is 1. The van der Waals surface area contributed by atoms with E-state index in [0.29, 0.717) is 6.54 Å². The Hall–Kier alpha value is -1.48. The second kappa shape index (κ2) is 3.07. The van der Waals surface area contributed by atoms with Gasteiger partial charge in [0.1, 0.15) is 0 Å². The highest BCUT2D eigenvalue weighted by Gasteiger charge is 2.00. The molecule has 0 fully saturated rings. The lowest BCUT2D eigenvalue weighted by Gasteiger charge is -1.93. The van der Waals surface area contributed by atoms with Crippen LogP contribution in [0.4, 0.5) is 0 Å². The van der Waals surface area contributed by atoms with Gasteiger partial charge in [-0.1, -0.05) is 5.11 Å². The first kappa shape index (κ1) is 7.63. The minimum atomic E-state index is 0.385. The van der Waals surface area contributed by atoms with Gasteiger partial charge >= 0.3 is 0 Å². The summed E-state index contributed by atoms with van der Waals surface area (Å²) in [6, 6.07) is 0. The SMILES string of the molecule is Cc1c(CN=[N+]=[N-])cnn1C. The average molecular weight is 151 g/mol. The van der Waals surface area contributed by atoms with Crippen LogP contribution in [-0.4, -0.2) is 9.78 Å². The van der Waals surface area contributed by atoms with Crippen molar-refractivity contribution in [1.29, 1.82) is 0 Å². The maximum Gasteiger partial charge on any atom is 0.0544 e. The molecule has 58 valence electrons. The number of aromatic nitrogens is 2. The number of azide groups is 1. The molecule has 0 aliphatic rings. The molecule has 0 aliphatic carbocycles. The minimum Gasteiger partial charge on any atom is -0.273 e. The number of rotatable bonds is 2. The third-order valence-electron chi connectivity index (χ3n) is 1.64. The minimum absolute atomic E-state index is 0.385. The van der Waals surface area contributed by atoms with Crippen LogP contribution >= 0.6 is 0 Å². The van der Waals surface area contributed by atoms with E-state index in [-0.39, 0.29) is 0 Å². The predicted octanol–water partition coefficient (Wildman–Crippen LogP) is 1.54. The molecule has 0 saturated carbocycles. The smallest absolute Gasteiger partial charge is 0.0544 e. The van der Waals surface area contributed by atoms with Crippen LogP contribution in [0.1, 0.15) is 11.3 Å². The first-order valence-corrected chi connectivity index (χ1v) is 3.24. The van der Waals surface area contributed by atoms with E-state index in [2.05, 4.69) is 15.1 Å². The molecule has 0 aromatic carbocycles. The summed E-state index contributed by atoms with van der Waals surface area (Å²) in [5.41, 5.74) is 10.1. The third kappa shape index (κ3) is 1.50. The molecule has 0 aliphatic heterocycles. The van der Waals surface area contributed by atoms with Crippen LogP contribution in [0.15, 0.2) is 11.3 Å². The van der Waals surface area contributed by atoms with Crippen LogP contribution in [0, 0.1) is 6.92 Å². The van der Waals surface area contributed by atoms with Crippen LogP contribution in [-0.2, 0) is 13.6 Å². The van der Waals surface area contributed by atoms with Crippen molar-refractivity contribution in [3.05, 3.63) is 27.9 Å². The van der Waals surface area contributed by atoms with Crippen LogP contribution in [0.25, 0.3) is 10.4 Å². The van der Waals surface area contributed by atoms with Gasteiger partial charge in [-0.3, -0.25) is 4.68 Å². The molecule has 0 saturated heterocycles. The molecule has 0 unspecified atom stereocenters. The quantitative estimate of drug-likeness (QED) is 0.359. The maximum absolute atomic E-state index is 8.06. The van der Waals surface area contributed by atoms with Crippen LogP contribution in [0.5, 0.6) is 0 Å². The number of hydrogen-bond donors (Lipinski definition) is 0. The summed E-state index contributed by atoms with van der Waals surface area (Å²) in [7, 11) is 1.86. The molecule has 5 nitrogen and oxygen atoms in total. The predicted molar refractivity (Wildman–Crippen MR) is 40.8 cm³/mol. The van der Waals surface area contributed by atoms with Gasteiger partial charge in [0.05, 0.1) is 12.7 Å². The maximum atomic E-state index is 8.06. The highest BCUT2D eigenvalue weighted by molar-refractivity contribution is 5.15. The summed E-state index contributed by atoms with van der Waals surface area (Å²) in [5.74, 6) is 0. The molecular formula is C6H9N5. The van der Waals surface area contributed by atoms with Crippen LogP contribution < -0.4 is 0 Å². The summed E-state index contributed by atoms with van der Waals surface area (Å²) >= 11 is 0. The Morgan fingerprint density at radius 1 is 1.82 bits per heavy atom. The van der Waals surface area contributed by atoms with Gasteiger partial charge in [0.15, 0.2) is 0 Å². The Bertz CT molecular complexity index is 294. The van der Waals surface area contributed by atoms with Gasteiger partial charge < -0.3 is 0 Å². The molecule has 0 N–H and O–H groups in total. The zero-order valence-electron chi connectivity index (χ0n) is 6.52. The van der Waals surface area contributed by atoms with Crippen molar-refractivity contribution in [2.24, 2.45) is 12.2 Å². The molecule has 1 aromatic heterocycles. The van der Waals surface area contributed by atoms with Gasteiger partial charge in [-0.25, -0.2) is 0 Å². The monoisotopic (exact) mass is 151 g/mol. The fourth-order valence-corrected chi connectivity index (χ4v) is 0.807. The number of nitrogens with zero attached hydrogens (tertiary/aromatic N) is 5. The zero-order chi connectivity index (χ0) is 8.27. The lowest BCUT2D eigenvalue weighted by atomic mass is 10.3. The molecule has 0 spiro atoms. The Morgan fingerprint density at radius 3 is 3.00 bits per heavy atom. The third-order valence-corrected chi connectivity index (χ3v) is 1.64. The van der Waals surface area contributed by atoms with Crippen molar-refractivity contribution in [2.45, 2.75) is 13.5 Å². The van der Waals surface area contributed by atoms with E-state index in [1.54, 1.807) is 10.9 Å². The fraction of sp³-hybridized carbons (Fsp3) is 0.500. The Morgan fingerprint density at radius 2 is 2.55 bits per heavy atom. The molecular weight excluding hydrogens is 142 g/mol. The van der Waals surface area contributed by atoms with E-state index in [4.69, 9.17) is 5.53 Å². The van der Waals surface area contributed by atoms with Gasteiger partial charge in [0.2, 0.25) is 0 Å². The largest absolute Gasteiger partial charge is 0.273 e. The second-order valence-electron chi connectivity index (χ2n) is 2.27. The van der Waals surface area contributed by atoms with E-state index in [0.717, 1.165) is 11.3 Å². The standard InChI is InChI=1S/C6H9N5/c1-5-6(3-8-10-7)4-9-11(5)2/h4H,3H2,1-2H3. The highest BCUT2D eigenvalue weighted by Crippen LogP contribution is 2.06. The molecule has 0 radical (unpaired) electrons. The highest BCUT2D eigenvalue weighted by atomic mass is 15.3. The molecule has 1 heterocycles. The van der Waals surface area contributed by atoms with E-state index in [1.807, 2.05) is 14.0 Å². The van der Waals surface area contributed by atoms with Crippen LogP contribution in [0.2, 0.25) is 0 Å². The molecule has 11 heavy (non-hydrogen) atoms. The Kier molecular flexibility index (Phi) is 2.13. The van der Waals surface area contributed by atoms with E-state index in [1.165, 1.54) is 0 Å². The summed E-state index contributed by atoms with van der Waals surface area (Å²) in [5, 5.41) is 7.45. The fourth-order valence-electron chi connectivity index (χ4n) is 0.807.